The molecule has 6 nitrogen and oxygen atoms in total. The third-order valence-corrected chi connectivity index (χ3v) is 24.6. The molecular weight excluding hydrogens is 921 g/mol. The maximum absolute atomic E-state index is 15.0. The molecule has 75 heavy (non-hydrogen) atoms. The third-order valence-electron chi connectivity index (χ3n) is 24.6. The van der Waals surface area contributed by atoms with Crippen LogP contribution in [0.25, 0.3) is 0 Å². The fourth-order valence-electron chi connectivity index (χ4n) is 20.6. The second kappa shape index (κ2) is 21.5. The molecule has 6 fully saturated rings. The smallest absolute Gasteiger partial charge is 0.337 e. The number of fused-ring (bicyclic) bond motifs is 10. The van der Waals surface area contributed by atoms with E-state index in [2.05, 4.69) is 99.0 Å². The van der Waals surface area contributed by atoms with Crippen LogP contribution in [-0.2, 0) is 26.1 Å². The summed E-state index contributed by atoms with van der Waals surface area (Å²) in [6.07, 6.45) is 36.1. The molecule has 0 radical (unpaired) electrons. The molecule has 1 aromatic heterocycles. The van der Waals surface area contributed by atoms with Crippen molar-refractivity contribution in [1.29, 1.82) is 0 Å². The maximum atomic E-state index is 15.0. The summed E-state index contributed by atoms with van der Waals surface area (Å²) in [5.74, 6) is 8.34. The van der Waals surface area contributed by atoms with Crippen molar-refractivity contribution in [2.45, 2.75) is 242 Å². The van der Waals surface area contributed by atoms with Crippen LogP contribution in [0.4, 0.5) is 0 Å². The van der Waals surface area contributed by atoms with E-state index >= 15 is 9.59 Å². The Morgan fingerprint density at radius 2 is 1.07 bits per heavy atom. The van der Waals surface area contributed by atoms with Gasteiger partial charge in [-0.05, 0) is 202 Å². The number of hydrogen-bond acceptors (Lipinski definition) is 5. The van der Waals surface area contributed by atoms with Gasteiger partial charge >= 0.3 is 11.9 Å². The van der Waals surface area contributed by atoms with Crippen molar-refractivity contribution in [3.63, 3.8) is 0 Å². The highest BCUT2D eigenvalue weighted by atomic mass is 16.5. The molecule has 6 heteroatoms. The minimum absolute atomic E-state index is 0.169. The minimum Gasteiger partial charge on any atom is -0.459 e. The van der Waals surface area contributed by atoms with Crippen LogP contribution in [0.1, 0.15) is 236 Å². The van der Waals surface area contributed by atoms with Gasteiger partial charge in [-0.3, -0.25) is 0 Å². The Bertz CT molecular complexity index is 2280. The number of dihydropyridines is 1. The lowest BCUT2D eigenvalue weighted by Gasteiger charge is -2.58. The van der Waals surface area contributed by atoms with Gasteiger partial charge in [-0.15, -0.1) is 0 Å². The Hall–Kier alpha value is -3.15. The van der Waals surface area contributed by atoms with Gasteiger partial charge in [-0.25, -0.2) is 14.2 Å². The van der Waals surface area contributed by atoms with Crippen LogP contribution in [0.2, 0.25) is 0 Å². The normalized spacial score (nSPS) is 40.0. The lowest BCUT2D eigenvalue weighted by molar-refractivity contribution is -0.671. The van der Waals surface area contributed by atoms with Crippen LogP contribution in [-0.4, -0.2) is 24.1 Å². The summed E-state index contributed by atoms with van der Waals surface area (Å²) < 4.78 is 15.5. The molecule has 0 aromatic carbocycles. The van der Waals surface area contributed by atoms with Gasteiger partial charge in [-0.1, -0.05) is 131 Å². The number of allylic oxidation sites excluding steroid dienone is 4. The van der Waals surface area contributed by atoms with Gasteiger partial charge in [0.1, 0.15) is 19.3 Å². The number of hydrogen-bond donors (Lipinski definition) is 1. The number of carbonyl (C=O) groups excluding carboxylic acids is 2. The highest BCUT2D eigenvalue weighted by Crippen LogP contribution is 2.69. The van der Waals surface area contributed by atoms with Gasteiger partial charge in [0.2, 0.25) is 0 Å². The molecule has 1 N–H and O–H groups in total. The molecule has 2 heterocycles. The summed E-state index contributed by atoms with van der Waals surface area (Å²) in [6.45, 7) is 29.2. The summed E-state index contributed by atoms with van der Waals surface area (Å²) in [5, 5.41) is 3.51. The zero-order chi connectivity index (χ0) is 53.4. The van der Waals surface area contributed by atoms with Crippen molar-refractivity contribution in [2.75, 3.05) is 0 Å². The summed E-state index contributed by atoms with van der Waals surface area (Å²) in [6, 6.07) is 4.08. The first-order valence-corrected chi connectivity index (χ1v) is 31.6. The Morgan fingerprint density at radius 3 is 1.49 bits per heavy atom. The summed E-state index contributed by atoms with van der Waals surface area (Å²) in [7, 11) is 2.01. The molecule has 16 atom stereocenters. The summed E-state index contributed by atoms with van der Waals surface area (Å²) in [5.41, 5.74) is 7.82. The van der Waals surface area contributed by atoms with E-state index in [4.69, 9.17) is 9.47 Å². The third kappa shape index (κ3) is 10.0. The maximum Gasteiger partial charge on any atom is 0.337 e. The number of aromatic nitrogens is 1. The largest absolute Gasteiger partial charge is 0.459 e. The van der Waals surface area contributed by atoms with E-state index in [9.17, 15) is 0 Å². The number of ether oxygens (including phenoxy) is 2. The van der Waals surface area contributed by atoms with Crippen molar-refractivity contribution in [3.8, 4) is 0 Å². The SMILES string of the molecule is CC1=C(C(=O)OC2CCC3(C)C(=CCC4C3CCC3(C)C(C(C)CCCC(C)C)CCC43)C2)C(c2ccc[n+](C)c2)C(C(=O)OC2CCC3(C)C(=CCC4C3CCC3(C)C(C(C)CCCC(C)C)CCC43)C2)=C(C)N1. The average molecular weight is 1030 g/mol. The van der Waals surface area contributed by atoms with Crippen LogP contribution < -0.4 is 9.88 Å². The van der Waals surface area contributed by atoms with Crippen molar-refractivity contribution in [1.82, 2.24) is 5.32 Å². The number of carbonyl (C=O) groups is 2. The van der Waals surface area contributed by atoms with Crippen LogP contribution >= 0.6 is 0 Å². The molecule has 6 saturated carbocycles. The lowest BCUT2D eigenvalue weighted by atomic mass is 9.47. The highest BCUT2D eigenvalue weighted by molar-refractivity contribution is 6.00. The Balaban J connectivity index is 0.809. The highest BCUT2D eigenvalue weighted by Gasteiger charge is 2.61. The molecule has 16 unspecified atom stereocenters. The quantitative estimate of drug-likeness (QED) is 0.108. The van der Waals surface area contributed by atoms with Crippen LogP contribution in [0, 0.1) is 92.7 Å². The van der Waals surface area contributed by atoms with E-state index in [1.54, 1.807) is 0 Å². The molecule has 8 aliphatic carbocycles. The number of esters is 2. The molecule has 9 aliphatic rings. The number of pyridine rings is 1. The minimum atomic E-state index is -0.597. The molecule has 414 valence electrons. The van der Waals surface area contributed by atoms with Crippen LogP contribution in [0.3, 0.4) is 0 Å². The molecule has 0 amide bonds. The summed E-state index contributed by atoms with van der Waals surface area (Å²) in [4.78, 5) is 30.0. The molecular formula is C69H105N2O4+. The predicted molar refractivity (Wildman–Crippen MR) is 305 cm³/mol. The second-order valence-electron chi connectivity index (χ2n) is 29.6. The van der Waals surface area contributed by atoms with Crippen molar-refractivity contribution < 1.29 is 23.6 Å². The number of rotatable bonds is 15. The van der Waals surface area contributed by atoms with E-state index in [0.717, 1.165) is 115 Å². The van der Waals surface area contributed by atoms with Gasteiger partial charge in [0.15, 0.2) is 12.4 Å². The zero-order valence-corrected chi connectivity index (χ0v) is 49.8. The van der Waals surface area contributed by atoms with Crippen molar-refractivity contribution in [2.24, 2.45) is 99.7 Å². The first-order valence-electron chi connectivity index (χ1n) is 31.6. The zero-order valence-electron chi connectivity index (χ0n) is 49.8. The lowest BCUT2D eigenvalue weighted by Crippen LogP contribution is -2.51. The molecule has 0 bridgehead atoms. The fraction of sp³-hybridized carbons (Fsp3) is 0.783. The Kier molecular flexibility index (Phi) is 15.8. The van der Waals surface area contributed by atoms with E-state index in [1.165, 1.54) is 114 Å². The second-order valence-corrected chi connectivity index (χ2v) is 29.6. The topological polar surface area (TPSA) is 68.5 Å². The Labute approximate surface area is 457 Å². The fourth-order valence-corrected chi connectivity index (χ4v) is 20.6. The molecule has 0 spiro atoms. The van der Waals surface area contributed by atoms with Gasteiger partial charge in [0, 0.05) is 35.9 Å². The van der Waals surface area contributed by atoms with E-state index < -0.39 is 5.92 Å². The standard InChI is InChI=1S/C69H104N2O4/c1-42(2)17-14-19-44(5)55-26-28-57-53-24-22-49-39-51(30-34-66(49,9)59(53)32-36-68(55,57)11)74-64(72)61-46(7)70-47(8)62(63(61)48-21-16-38-71(13)41-48)65(73)75-52-31-35-67(10)50(40-52)23-25-54-58-29-27-56(45(6)20-15-18-43(3)4)69(58,12)37-33-60(54)67/h16,21-23,38,41-45,51-60,63H,14-15,17-20,24-37,39-40H2,1-13H3/p+1. The molecule has 0 saturated heterocycles. The molecule has 10 rings (SSSR count). The molecule has 1 aliphatic heterocycles. The van der Waals surface area contributed by atoms with Crippen LogP contribution in [0.5, 0.6) is 0 Å². The molecule has 1 aromatic rings. The first-order chi connectivity index (χ1) is 35.7. The van der Waals surface area contributed by atoms with Gasteiger partial charge in [0.05, 0.1) is 17.1 Å². The monoisotopic (exact) mass is 1030 g/mol. The van der Waals surface area contributed by atoms with Crippen molar-refractivity contribution in [3.05, 3.63) is 75.9 Å². The van der Waals surface area contributed by atoms with Crippen LogP contribution in [0.15, 0.2) is 70.4 Å². The average Bonchev–Trinajstić information content (AvgIpc) is 3.91. The van der Waals surface area contributed by atoms with Crippen molar-refractivity contribution >= 4 is 11.9 Å². The summed E-state index contributed by atoms with van der Waals surface area (Å²) >= 11 is 0. The van der Waals surface area contributed by atoms with Gasteiger partial charge < -0.3 is 14.8 Å². The first kappa shape index (κ1) is 55.2. The van der Waals surface area contributed by atoms with E-state index in [0.29, 0.717) is 33.8 Å². The number of nitrogens with zero attached hydrogens (tertiary/aromatic N) is 1. The number of aryl methyl sites for hydroxylation is 1. The van der Waals surface area contributed by atoms with Gasteiger partial charge in [-0.2, -0.15) is 0 Å². The predicted octanol–water partition coefficient (Wildman–Crippen LogP) is 16.7. The number of nitrogens with one attached hydrogen (secondary N) is 1. The van der Waals surface area contributed by atoms with E-state index in [-0.39, 0.29) is 35.0 Å². The Morgan fingerprint density at radius 1 is 0.613 bits per heavy atom. The van der Waals surface area contributed by atoms with E-state index in [1.807, 2.05) is 37.7 Å². The van der Waals surface area contributed by atoms with Gasteiger partial charge in [0.25, 0.3) is 0 Å².